The van der Waals surface area contributed by atoms with Crippen molar-refractivity contribution in [2.75, 3.05) is 18.9 Å². The van der Waals surface area contributed by atoms with Crippen LogP contribution in [0.3, 0.4) is 0 Å². The maximum Gasteiger partial charge on any atom is 0.238 e. The largest absolute Gasteiger partial charge is 0.394 e. The van der Waals surface area contributed by atoms with Gasteiger partial charge in [-0.15, -0.1) is 0 Å². The van der Waals surface area contributed by atoms with Crippen LogP contribution in [0.5, 0.6) is 0 Å². The zero-order chi connectivity index (χ0) is 13.8. The van der Waals surface area contributed by atoms with Crippen molar-refractivity contribution in [3.05, 3.63) is 0 Å². The van der Waals surface area contributed by atoms with Gasteiger partial charge in [-0.25, -0.2) is 8.42 Å². The molecule has 1 fully saturated rings. The van der Waals surface area contributed by atoms with Crippen LogP contribution >= 0.6 is 0 Å². The van der Waals surface area contributed by atoms with Gasteiger partial charge in [-0.05, 0) is 26.2 Å². The lowest BCUT2D eigenvalue weighted by atomic mass is 10.2. The van der Waals surface area contributed by atoms with E-state index in [1.807, 2.05) is 0 Å². The SMILES string of the molecule is CCCS(=O)(=O)N1CCCC1C(=O)NC(C)CO. The quantitative estimate of drug-likeness (QED) is 0.697. The summed E-state index contributed by atoms with van der Waals surface area (Å²) in [4.78, 5) is 11.9. The van der Waals surface area contributed by atoms with Gasteiger partial charge < -0.3 is 10.4 Å². The molecule has 2 N–H and O–H groups in total. The summed E-state index contributed by atoms with van der Waals surface area (Å²) in [5.74, 6) is -0.236. The van der Waals surface area contributed by atoms with E-state index in [0.29, 0.717) is 25.8 Å². The first kappa shape index (κ1) is 15.4. The molecule has 7 heteroatoms. The number of carbonyl (C=O) groups excluding carboxylic acids is 1. The Morgan fingerprint density at radius 1 is 1.56 bits per heavy atom. The first-order chi connectivity index (χ1) is 8.42. The molecule has 1 aliphatic rings. The highest BCUT2D eigenvalue weighted by Crippen LogP contribution is 2.22. The summed E-state index contributed by atoms with van der Waals surface area (Å²) < 4.78 is 25.3. The second-order valence-corrected chi connectivity index (χ2v) is 6.72. The predicted molar refractivity (Wildman–Crippen MR) is 68.5 cm³/mol. The molecule has 1 aliphatic heterocycles. The molecular weight excluding hydrogens is 256 g/mol. The van der Waals surface area contributed by atoms with Gasteiger partial charge in [0.15, 0.2) is 0 Å². The van der Waals surface area contributed by atoms with Gasteiger partial charge in [-0.2, -0.15) is 4.31 Å². The highest BCUT2D eigenvalue weighted by atomic mass is 32.2. The molecule has 1 rings (SSSR count). The van der Waals surface area contributed by atoms with Crippen molar-refractivity contribution >= 4 is 15.9 Å². The number of aliphatic hydroxyl groups is 1. The van der Waals surface area contributed by atoms with Crippen LogP contribution in [0.1, 0.15) is 33.1 Å². The Bertz CT molecular complexity index is 383. The number of hydrogen-bond acceptors (Lipinski definition) is 4. The normalized spacial score (nSPS) is 22.9. The molecule has 0 aromatic carbocycles. The predicted octanol–water partition coefficient (Wildman–Crippen LogP) is -0.312. The third-order valence-electron chi connectivity index (χ3n) is 2.99. The minimum atomic E-state index is -3.34. The summed E-state index contributed by atoms with van der Waals surface area (Å²) >= 11 is 0. The van der Waals surface area contributed by atoms with Crippen molar-refractivity contribution in [3.63, 3.8) is 0 Å². The van der Waals surface area contributed by atoms with Crippen molar-refractivity contribution in [1.29, 1.82) is 0 Å². The molecule has 18 heavy (non-hydrogen) atoms. The van der Waals surface area contributed by atoms with E-state index in [4.69, 9.17) is 5.11 Å². The van der Waals surface area contributed by atoms with Crippen molar-refractivity contribution in [1.82, 2.24) is 9.62 Å². The average Bonchev–Trinajstić information content (AvgIpc) is 2.78. The van der Waals surface area contributed by atoms with Gasteiger partial charge in [0.25, 0.3) is 0 Å². The Hall–Kier alpha value is -0.660. The number of nitrogens with one attached hydrogen (secondary N) is 1. The molecule has 0 aliphatic carbocycles. The first-order valence-corrected chi connectivity index (χ1v) is 7.94. The van der Waals surface area contributed by atoms with E-state index >= 15 is 0 Å². The second-order valence-electron chi connectivity index (χ2n) is 4.68. The topological polar surface area (TPSA) is 86.7 Å². The Labute approximate surface area is 108 Å². The van der Waals surface area contributed by atoms with E-state index in [9.17, 15) is 13.2 Å². The van der Waals surface area contributed by atoms with Crippen molar-refractivity contribution in [2.45, 2.75) is 45.2 Å². The zero-order valence-electron chi connectivity index (χ0n) is 10.9. The summed E-state index contributed by atoms with van der Waals surface area (Å²) in [6.45, 7) is 3.74. The number of amides is 1. The monoisotopic (exact) mass is 278 g/mol. The molecular formula is C11H22N2O4S. The second kappa shape index (κ2) is 6.49. The molecule has 2 unspecified atom stereocenters. The maximum absolute atomic E-state index is 12.0. The molecule has 0 aromatic heterocycles. The molecule has 6 nitrogen and oxygen atoms in total. The van der Waals surface area contributed by atoms with E-state index in [0.717, 1.165) is 0 Å². The van der Waals surface area contributed by atoms with Gasteiger partial charge in [0.05, 0.1) is 12.4 Å². The summed E-state index contributed by atoms with van der Waals surface area (Å²) in [6.07, 6.45) is 1.79. The number of aliphatic hydroxyl groups excluding tert-OH is 1. The summed E-state index contributed by atoms with van der Waals surface area (Å²) in [6, 6.07) is -0.968. The van der Waals surface area contributed by atoms with Gasteiger partial charge in [0, 0.05) is 12.6 Å². The van der Waals surface area contributed by atoms with Gasteiger partial charge in [-0.3, -0.25) is 4.79 Å². The van der Waals surface area contributed by atoms with Gasteiger partial charge in [0.1, 0.15) is 6.04 Å². The molecule has 106 valence electrons. The molecule has 1 heterocycles. The fourth-order valence-electron chi connectivity index (χ4n) is 2.10. The summed E-state index contributed by atoms with van der Waals surface area (Å²) in [5.41, 5.74) is 0. The van der Waals surface area contributed by atoms with Crippen molar-refractivity contribution < 1.29 is 18.3 Å². The van der Waals surface area contributed by atoms with Crippen LogP contribution in [0.2, 0.25) is 0 Å². The number of nitrogens with zero attached hydrogens (tertiary/aromatic N) is 1. The first-order valence-electron chi connectivity index (χ1n) is 6.33. The lowest BCUT2D eigenvalue weighted by molar-refractivity contribution is -0.125. The average molecular weight is 278 g/mol. The van der Waals surface area contributed by atoms with Crippen LogP contribution in [-0.2, 0) is 14.8 Å². The maximum atomic E-state index is 12.0. The Morgan fingerprint density at radius 2 is 2.22 bits per heavy atom. The third kappa shape index (κ3) is 3.66. The van der Waals surface area contributed by atoms with Crippen LogP contribution in [0, 0.1) is 0 Å². The smallest absolute Gasteiger partial charge is 0.238 e. The van der Waals surface area contributed by atoms with Crippen LogP contribution in [0.25, 0.3) is 0 Å². The Kier molecular flexibility index (Phi) is 5.55. The van der Waals surface area contributed by atoms with Crippen LogP contribution in [0.15, 0.2) is 0 Å². The lowest BCUT2D eigenvalue weighted by Crippen LogP contribution is -2.49. The van der Waals surface area contributed by atoms with E-state index in [-0.39, 0.29) is 24.3 Å². The standard InChI is InChI=1S/C11H22N2O4S/c1-3-7-18(16,17)13-6-4-5-10(13)11(15)12-9(2)8-14/h9-10,14H,3-8H2,1-2H3,(H,12,15). The number of carbonyl (C=O) groups is 1. The fraction of sp³-hybridized carbons (Fsp3) is 0.909. The minimum Gasteiger partial charge on any atom is -0.394 e. The molecule has 2 atom stereocenters. The Morgan fingerprint density at radius 3 is 2.78 bits per heavy atom. The fourth-order valence-corrected chi connectivity index (χ4v) is 3.84. The third-order valence-corrected chi connectivity index (χ3v) is 5.06. The molecule has 1 amide bonds. The molecule has 0 spiro atoms. The minimum absolute atomic E-state index is 0.0757. The van der Waals surface area contributed by atoms with Crippen molar-refractivity contribution in [2.24, 2.45) is 0 Å². The molecule has 1 saturated heterocycles. The summed E-state index contributed by atoms with van der Waals surface area (Å²) in [5, 5.41) is 11.5. The molecule has 0 aromatic rings. The van der Waals surface area contributed by atoms with E-state index in [2.05, 4.69) is 5.32 Å². The van der Waals surface area contributed by atoms with E-state index in [1.165, 1.54) is 4.31 Å². The van der Waals surface area contributed by atoms with Gasteiger partial charge in [-0.1, -0.05) is 6.92 Å². The van der Waals surface area contributed by atoms with Crippen LogP contribution in [-0.4, -0.2) is 54.7 Å². The highest BCUT2D eigenvalue weighted by molar-refractivity contribution is 7.89. The molecule has 0 bridgehead atoms. The highest BCUT2D eigenvalue weighted by Gasteiger charge is 2.38. The van der Waals surface area contributed by atoms with Crippen LogP contribution in [0.4, 0.5) is 0 Å². The number of sulfonamides is 1. The van der Waals surface area contributed by atoms with Crippen LogP contribution < -0.4 is 5.32 Å². The van der Waals surface area contributed by atoms with Crippen molar-refractivity contribution in [3.8, 4) is 0 Å². The number of rotatable bonds is 6. The van der Waals surface area contributed by atoms with E-state index in [1.54, 1.807) is 13.8 Å². The lowest BCUT2D eigenvalue weighted by Gasteiger charge is -2.24. The van der Waals surface area contributed by atoms with Gasteiger partial charge >= 0.3 is 0 Å². The zero-order valence-corrected chi connectivity index (χ0v) is 11.7. The van der Waals surface area contributed by atoms with E-state index < -0.39 is 16.1 Å². The van der Waals surface area contributed by atoms with Gasteiger partial charge in [0.2, 0.25) is 15.9 Å². The summed E-state index contributed by atoms with van der Waals surface area (Å²) in [7, 11) is -3.34. The molecule has 0 radical (unpaired) electrons. The number of hydrogen-bond donors (Lipinski definition) is 2. The molecule has 0 saturated carbocycles. The Balaban J connectivity index is 2.73.